The van der Waals surface area contributed by atoms with E-state index in [0.717, 1.165) is 33.7 Å². The molecule has 2 aromatic rings. The standard InChI is InChI=1S/C13H13ClN2/c14-9-5-2-6-10-12(9)16-13(15-10)11-7-3-1-4-8(7)11/h2,5-8,11H,1,3-4H2,(H,15,16). The molecule has 1 N–H and O–H groups in total. The Bertz CT molecular complexity index is 550. The largest absolute Gasteiger partial charge is 0.342 e. The summed E-state index contributed by atoms with van der Waals surface area (Å²) in [6.07, 6.45) is 4.19. The molecule has 2 saturated carbocycles. The van der Waals surface area contributed by atoms with Gasteiger partial charge in [-0.3, -0.25) is 0 Å². The summed E-state index contributed by atoms with van der Waals surface area (Å²) in [5, 5.41) is 0.755. The molecule has 0 saturated heterocycles. The number of aromatic amines is 1. The van der Waals surface area contributed by atoms with Crippen molar-refractivity contribution in [3.8, 4) is 0 Å². The molecule has 0 amide bonds. The lowest BCUT2D eigenvalue weighted by Crippen LogP contribution is -1.89. The molecule has 2 aliphatic carbocycles. The Hall–Kier alpha value is -1.02. The second kappa shape index (κ2) is 3.01. The van der Waals surface area contributed by atoms with Gasteiger partial charge in [0.05, 0.1) is 10.5 Å². The van der Waals surface area contributed by atoms with E-state index in [-0.39, 0.29) is 0 Å². The number of hydrogen-bond donors (Lipinski definition) is 1. The van der Waals surface area contributed by atoms with E-state index in [2.05, 4.69) is 16.0 Å². The third kappa shape index (κ3) is 1.11. The minimum atomic E-state index is 0.692. The molecular weight excluding hydrogens is 220 g/mol. The maximum atomic E-state index is 6.13. The average molecular weight is 233 g/mol. The number of imidazole rings is 1. The average Bonchev–Trinajstić information content (AvgIpc) is 2.72. The molecule has 0 radical (unpaired) electrons. The number of halogens is 1. The Morgan fingerprint density at radius 1 is 1.25 bits per heavy atom. The number of benzene rings is 1. The number of fused-ring (bicyclic) bond motifs is 2. The van der Waals surface area contributed by atoms with Gasteiger partial charge in [0, 0.05) is 5.92 Å². The molecule has 2 unspecified atom stereocenters. The van der Waals surface area contributed by atoms with Gasteiger partial charge in [0.25, 0.3) is 0 Å². The lowest BCUT2D eigenvalue weighted by molar-refractivity contribution is 0.664. The van der Waals surface area contributed by atoms with Gasteiger partial charge in [-0.2, -0.15) is 0 Å². The van der Waals surface area contributed by atoms with Crippen molar-refractivity contribution in [1.29, 1.82) is 0 Å². The quantitative estimate of drug-likeness (QED) is 0.798. The van der Waals surface area contributed by atoms with Gasteiger partial charge in [-0.1, -0.05) is 24.1 Å². The van der Waals surface area contributed by atoms with Gasteiger partial charge < -0.3 is 4.98 Å². The molecule has 3 heteroatoms. The predicted molar refractivity (Wildman–Crippen MR) is 64.7 cm³/mol. The zero-order valence-corrected chi connectivity index (χ0v) is 9.67. The van der Waals surface area contributed by atoms with Gasteiger partial charge in [-0.05, 0) is 36.8 Å². The van der Waals surface area contributed by atoms with E-state index in [0.29, 0.717) is 5.92 Å². The van der Waals surface area contributed by atoms with Crippen molar-refractivity contribution >= 4 is 22.6 Å². The molecule has 0 spiro atoms. The summed E-state index contributed by atoms with van der Waals surface area (Å²) in [6, 6.07) is 5.93. The van der Waals surface area contributed by atoms with Crippen LogP contribution in [-0.2, 0) is 0 Å². The molecule has 4 rings (SSSR count). The summed E-state index contributed by atoms with van der Waals surface area (Å²) < 4.78 is 0. The summed E-state index contributed by atoms with van der Waals surface area (Å²) in [7, 11) is 0. The van der Waals surface area contributed by atoms with Crippen molar-refractivity contribution in [2.45, 2.75) is 25.2 Å². The molecular formula is C13H13ClN2. The first-order valence-electron chi connectivity index (χ1n) is 5.99. The number of nitrogens with one attached hydrogen (secondary N) is 1. The van der Waals surface area contributed by atoms with Gasteiger partial charge in [0.2, 0.25) is 0 Å². The Labute approximate surface area is 99.0 Å². The third-order valence-corrected chi connectivity index (χ3v) is 4.51. The molecule has 1 aromatic carbocycles. The summed E-state index contributed by atoms with van der Waals surface area (Å²) in [5.41, 5.74) is 2.01. The minimum Gasteiger partial charge on any atom is -0.342 e. The molecule has 0 bridgehead atoms. The molecule has 1 heterocycles. The maximum Gasteiger partial charge on any atom is 0.111 e. The second-order valence-corrected chi connectivity index (χ2v) is 5.45. The van der Waals surface area contributed by atoms with E-state index >= 15 is 0 Å². The first kappa shape index (κ1) is 9.06. The molecule has 82 valence electrons. The van der Waals surface area contributed by atoms with Crippen LogP contribution in [-0.4, -0.2) is 9.97 Å². The molecule has 2 fully saturated rings. The molecule has 2 aliphatic rings. The fourth-order valence-corrected chi connectivity index (χ4v) is 3.62. The SMILES string of the molecule is Clc1cccc2[nH]c(C3C4CCCC43)nc12. The monoisotopic (exact) mass is 232 g/mol. The van der Waals surface area contributed by atoms with Crippen LogP contribution in [0.5, 0.6) is 0 Å². The maximum absolute atomic E-state index is 6.13. The summed E-state index contributed by atoms with van der Waals surface area (Å²) in [4.78, 5) is 8.10. The molecule has 1 aromatic heterocycles. The predicted octanol–water partition coefficient (Wildman–Crippen LogP) is 3.73. The fourth-order valence-electron chi connectivity index (χ4n) is 3.40. The van der Waals surface area contributed by atoms with Crippen molar-refractivity contribution in [2.75, 3.05) is 0 Å². The molecule has 2 nitrogen and oxygen atoms in total. The highest BCUT2D eigenvalue weighted by atomic mass is 35.5. The third-order valence-electron chi connectivity index (χ3n) is 4.20. The van der Waals surface area contributed by atoms with Gasteiger partial charge >= 0.3 is 0 Å². The lowest BCUT2D eigenvalue weighted by atomic mass is 10.1. The Morgan fingerprint density at radius 2 is 2.06 bits per heavy atom. The number of aromatic nitrogens is 2. The van der Waals surface area contributed by atoms with Crippen LogP contribution in [0.2, 0.25) is 5.02 Å². The molecule has 0 aliphatic heterocycles. The molecule has 2 atom stereocenters. The van der Waals surface area contributed by atoms with Crippen molar-refractivity contribution in [1.82, 2.24) is 9.97 Å². The first-order valence-corrected chi connectivity index (χ1v) is 6.36. The first-order chi connectivity index (χ1) is 7.84. The van der Waals surface area contributed by atoms with Gasteiger partial charge in [-0.15, -0.1) is 0 Å². The van der Waals surface area contributed by atoms with Crippen molar-refractivity contribution in [3.63, 3.8) is 0 Å². The zero-order valence-electron chi connectivity index (χ0n) is 8.91. The van der Waals surface area contributed by atoms with E-state index in [1.807, 2.05) is 12.1 Å². The number of hydrogen-bond acceptors (Lipinski definition) is 1. The van der Waals surface area contributed by atoms with E-state index < -0.39 is 0 Å². The number of para-hydroxylation sites is 1. The Balaban J connectivity index is 1.79. The van der Waals surface area contributed by atoms with Crippen LogP contribution in [0.4, 0.5) is 0 Å². The van der Waals surface area contributed by atoms with E-state index in [9.17, 15) is 0 Å². The smallest absolute Gasteiger partial charge is 0.111 e. The number of nitrogens with zero attached hydrogens (tertiary/aromatic N) is 1. The summed E-state index contributed by atoms with van der Waals surface area (Å²) in [6.45, 7) is 0. The minimum absolute atomic E-state index is 0.692. The Morgan fingerprint density at radius 3 is 2.81 bits per heavy atom. The van der Waals surface area contributed by atoms with Gasteiger partial charge in [0.1, 0.15) is 11.3 Å². The molecule has 16 heavy (non-hydrogen) atoms. The van der Waals surface area contributed by atoms with Crippen LogP contribution in [0.3, 0.4) is 0 Å². The second-order valence-electron chi connectivity index (χ2n) is 5.04. The van der Waals surface area contributed by atoms with Crippen LogP contribution in [0.25, 0.3) is 11.0 Å². The normalized spacial score (nSPS) is 31.9. The lowest BCUT2D eigenvalue weighted by Gasteiger charge is -1.97. The van der Waals surface area contributed by atoms with Crippen LogP contribution in [0.15, 0.2) is 18.2 Å². The number of H-pyrrole nitrogens is 1. The van der Waals surface area contributed by atoms with Crippen LogP contribution in [0.1, 0.15) is 31.0 Å². The van der Waals surface area contributed by atoms with Crippen LogP contribution in [0, 0.1) is 11.8 Å². The van der Waals surface area contributed by atoms with Crippen LogP contribution >= 0.6 is 11.6 Å². The highest BCUT2D eigenvalue weighted by Crippen LogP contribution is 2.62. The summed E-state index contributed by atoms with van der Waals surface area (Å²) in [5.74, 6) is 3.66. The number of rotatable bonds is 1. The van der Waals surface area contributed by atoms with E-state index in [4.69, 9.17) is 11.6 Å². The van der Waals surface area contributed by atoms with E-state index in [1.165, 1.54) is 19.3 Å². The zero-order chi connectivity index (χ0) is 10.7. The fraction of sp³-hybridized carbons (Fsp3) is 0.462. The van der Waals surface area contributed by atoms with Gasteiger partial charge in [0.15, 0.2) is 0 Å². The van der Waals surface area contributed by atoms with Crippen molar-refractivity contribution < 1.29 is 0 Å². The Kier molecular flexibility index (Phi) is 1.70. The van der Waals surface area contributed by atoms with Gasteiger partial charge in [-0.25, -0.2) is 4.98 Å². The summed E-state index contributed by atoms with van der Waals surface area (Å²) >= 11 is 6.13. The topological polar surface area (TPSA) is 28.7 Å². The van der Waals surface area contributed by atoms with E-state index in [1.54, 1.807) is 0 Å². The van der Waals surface area contributed by atoms with Crippen molar-refractivity contribution in [2.24, 2.45) is 11.8 Å². The van der Waals surface area contributed by atoms with Crippen LogP contribution < -0.4 is 0 Å². The highest BCUT2D eigenvalue weighted by Gasteiger charge is 2.54. The van der Waals surface area contributed by atoms with Crippen molar-refractivity contribution in [3.05, 3.63) is 29.0 Å². The highest BCUT2D eigenvalue weighted by molar-refractivity contribution is 6.34.